The topological polar surface area (TPSA) is 66.4 Å². The molecule has 114 valence electrons. The van der Waals surface area contributed by atoms with Gasteiger partial charge in [0.2, 0.25) is 11.6 Å². The first kappa shape index (κ1) is 17.0. The number of carbonyl (C=O) groups excluding carboxylic acids is 2. The maximum absolute atomic E-state index is 13.4. The molecule has 2 N–H and O–H groups in total. The zero-order chi connectivity index (χ0) is 16.2. The molecule has 1 aromatic carbocycles. The van der Waals surface area contributed by atoms with E-state index in [1.54, 1.807) is 0 Å². The number of aliphatic hydroxyl groups excluding tert-OH is 1. The Morgan fingerprint density at radius 1 is 1.00 bits per heavy atom. The predicted molar refractivity (Wildman–Crippen MR) is 59.7 cm³/mol. The Bertz CT molecular complexity index is 597. The largest absolute Gasteiger partial charge is 0.395 e. The highest BCUT2D eigenvalue weighted by molar-refractivity contribution is 6.13. The minimum Gasteiger partial charge on any atom is -0.395 e. The summed E-state index contributed by atoms with van der Waals surface area (Å²) in [6.07, 6.45) is 0. The summed E-state index contributed by atoms with van der Waals surface area (Å²) in [6.45, 7) is -0.971. The molecule has 0 aliphatic rings. The molecule has 21 heavy (non-hydrogen) atoms. The molecule has 0 radical (unpaired) electrons. The Balaban J connectivity index is 3.27. The van der Waals surface area contributed by atoms with E-state index in [2.05, 4.69) is 5.32 Å². The quantitative estimate of drug-likeness (QED) is 0.156. The molecule has 0 bridgehead atoms. The van der Waals surface area contributed by atoms with Crippen LogP contribution in [0.5, 0.6) is 0 Å². The summed E-state index contributed by atoms with van der Waals surface area (Å²) in [4.78, 5) is 22.3. The molecule has 0 saturated heterocycles. The van der Waals surface area contributed by atoms with Crippen molar-refractivity contribution >= 4 is 11.7 Å². The average molecular weight is 309 g/mol. The van der Waals surface area contributed by atoms with Crippen molar-refractivity contribution < 1.29 is 36.6 Å². The van der Waals surface area contributed by atoms with Crippen LogP contribution in [0.25, 0.3) is 0 Å². The second kappa shape index (κ2) is 7.07. The van der Waals surface area contributed by atoms with Crippen molar-refractivity contribution in [1.82, 2.24) is 5.32 Å². The van der Waals surface area contributed by atoms with Crippen LogP contribution in [0.1, 0.15) is 10.4 Å². The molecule has 1 rings (SSSR count). The lowest BCUT2D eigenvalue weighted by molar-refractivity contribution is 0.102. The summed E-state index contributed by atoms with van der Waals surface area (Å²) < 4.78 is 65.5. The summed E-state index contributed by atoms with van der Waals surface area (Å²) in [7, 11) is 0. The van der Waals surface area contributed by atoms with E-state index in [0.717, 1.165) is 5.94 Å². The van der Waals surface area contributed by atoms with Gasteiger partial charge in [0.25, 0.3) is 0 Å². The summed E-state index contributed by atoms with van der Waals surface area (Å²) in [5.41, 5.74) is -2.60. The zero-order valence-corrected chi connectivity index (χ0v) is 10.3. The summed E-state index contributed by atoms with van der Waals surface area (Å²) in [6, 6.07) is 0. The molecule has 0 fully saturated rings. The van der Waals surface area contributed by atoms with Gasteiger partial charge in [-0.2, -0.15) is 0 Å². The van der Waals surface area contributed by atoms with Crippen molar-refractivity contribution in [2.75, 3.05) is 19.7 Å². The van der Waals surface area contributed by atoms with Gasteiger partial charge in [-0.15, -0.1) is 0 Å². The van der Waals surface area contributed by atoms with Crippen molar-refractivity contribution in [2.45, 2.75) is 0 Å². The first-order valence-corrected chi connectivity index (χ1v) is 5.48. The molecule has 0 aliphatic heterocycles. The van der Waals surface area contributed by atoms with Gasteiger partial charge in [-0.25, -0.2) is 26.7 Å². The molecule has 1 aromatic rings. The van der Waals surface area contributed by atoms with E-state index in [-0.39, 0.29) is 13.2 Å². The van der Waals surface area contributed by atoms with Crippen molar-refractivity contribution in [3.8, 4) is 0 Å². The van der Waals surface area contributed by atoms with Crippen LogP contribution < -0.4 is 5.32 Å². The van der Waals surface area contributed by atoms with Crippen molar-refractivity contribution in [2.24, 2.45) is 0 Å². The molecule has 0 aromatic heterocycles. The van der Waals surface area contributed by atoms with E-state index >= 15 is 0 Å². The summed E-state index contributed by atoms with van der Waals surface area (Å²) >= 11 is 0. The van der Waals surface area contributed by atoms with Crippen LogP contribution in [-0.2, 0) is 4.79 Å². The smallest absolute Gasteiger partial charge is 0.207 e. The maximum Gasteiger partial charge on any atom is 0.207 e. The van der Waals surface area contributed by atoms with Gasteiger partial charge < -0.3 is 10.4 Å². The third-order valence-electron chi connectivity index (χ3n) is 2.42. The van der Waals surface area contributed by atoms with Gasteiger partial charge in [0.15, 0.2) is 23.3 Å². The Hall–Kier alpha value is -2.09. The summed E-state index contributed by atoms with van der Waals surface area (Å²) in [5.74, 6) is -12.2. The molecule has 0 heterocycles. The van der Waals surface area contributed by atoms with Gasteiger partial charge in [-0.1, -0.05) is 0 Å². The van der Waals surface area contributed by atoms with Crippen LogP contribution in [0.15, 0.2) is 5.57 Å². The van der Waals surface area contributed by atoms with E-state index < -0.39 is 52.6 Å². The molecule has 0 atom stereocenters. The molecule has 9 heteroatoms. The van der Waals surface area contributed by atoms with E-state index in [4.69, 9.17) is 5.11 Å². The monoisotopic (exact) mass is 309 g/mol. The van der Waals surface area contributed by atoms with Crippen molar-refractivity contribution in [1.29, 1.82) is 0 Å². The number of rotatable bonds is 6. The first-order chi connectivity index (χ1) is 9.86. The highest BCUT2D eigenvalue weighted by Gasteiger charge is 2.31. The number of benzene rings is 1. The van der Waals surface area contributed by atoms with Crippen LogP contribution in [-0.4, -0.2) is 36.5 Å². The summed E-state index contributed by atoms with van der Waals surface area (Å²) in [5, 5.41) is 10.8. The lowest BCUT2D eigenvalue weighted by atomic mass is 10.0. The lowest BCUT2D eigenvalue weighted by Gasteiger charge is -2.08. The fourth-order valence-corrected chi connectivity index (χ4v) is 1.41. The number of aliphatic hydroxyl groups is 1. The molecular weight excluding hydrogens is 301 g/mol. The molecule has 0 saturated carbocycles. The minimum absolute atomic E-state index is 0.0600. The van der Waals surface area contributed by atoms with Crippen LogP contribution in [0.2, 0.25) is 0 Å². The van der Waals surface area contributed by atoms with Crippen LogP contribution in [0.3, 0.4) is 0 Å². The SMILES string of the molecule is O=C=C(CNCCO)C(=O)c1c(F)c(F)c(F)c(F)c1F. The third kappa shape index (κ3) is 3.33. The van der Waals surface area contributed by atoms with Crippen LogP contribution >= 0.6 is 0 Å². The number of nitrogens with one attached hydrogen (secondary N) is 1. The zero-order valence-electron chi connectivity index (χ0n) is 10.3. The first-order valence-electron chi connectivity index (χ1n) is 5.48. The number of hydrogen-bond donors (Lipinski definition) is 2. The van der Waals surface area contributed by atoms with Gasteiger partial charge in [0, 0.05) is 13.1 Å². The maximum atomic E-state index is 13.4. The third-order valence-corrected chi connectivity index (χ3v) is 2.42. The van der Waals surface area contributed by atoms with E-state index in [1.165, 1.54) is 0 Å². The van der Waals surface area contributed by atoms with E-state index in [0.29, 0.717) is 0 Å². The van der Waals surface area contributed by atoms with Crippen LogP contribution in [0.4, 0.5) is 22.0 Å². The normalized spacial score (nSPS) is 10.4. The fourth-order valence-electron chi connectivity index (χ4n) is 1.41. The molecule has 0 amide bonds. The molecule has 0 aliphatic carbocycles. The second-order valence-electron chi connectivity index (χ2n) is 3.76. The molecular formula is C12H8F5NO3. The van der Waals surface area contributed by atoms with Crippen LogP contribution in [0, 0.1) is 29.1 Å². The average Bonchev–Trinajstić information content (AvgIpc) is 2.47. The Kier molecular flexibility index (Phi) is 5.71. The standard InChI is InChI=1S/C12H8F5NO3/c13-7-6(8(14)10(16)11(17)9(7)15)12(21)5(4-20)3-18-1-2-19/h18-19H,1-3H2. The number of carbonyl (C=O) groups is 1. The number of hydrogen-bond acceptors (Lipinski definition) is 4. The number of halogens is 5. The second-order valence-corrected chi connectivity index (χ2v) is 3.76. The van der Waals surface area contributed by atoms with Crippen molar-refractivity contribution in [3.63, 3.8) is 0 Å². The molecule has 0 unspecified atom stereocenters. The highest BCUT2D eigenvalue weighted by Crippen LogP contribution is 2.24. The van der Waals surface area contributed by atoms with Gasteiger partial charge >= 0.3 is 0 Å². The van der Waals surface area contributed by atoms with E-state index in [9.17, 15) is 31.5 Å². The lowest BCUT2D eigenvalue weighted by Crippen LogP contribution is -2.26. The fraction of sp³-hybridized carbons (Fsp3) is 0.250. The Labute approximate surface area is 114 Å². The van der Waals surface area contributed by atoms with E-state index in [1.807, 2.05) is 0 Å². The predicted octanol–water partition coefficient (Wildman–Crippen LogP) is 0.905. The Morgan fingerprint density at radius 2 is 1.48 bits per heavy atom. The van der Waals surface area contributed by atoms with Crippen molar-refractivity contribution in [3.05, 3.63) is 40.2 Å². The van der Waals surface area contributed by atoms with Gasteiger partial charge in [0.1, 0.15) is 11.5 Å². The van der Waals surface area contributed by atoms with Gasteiger partial charge in [-0.3, -0.25) is 4.79 Å². The number of Topliss-reactive ketones (excluding diaryl/α,β-unsaturated/α-hetero) is 1. The van der Waals surface area contributed by atoms with Gasteiger partial charge in [-0.05, 0) is 0 Å². The number of ketones is 1. The minimum atomic E-state index is -2.41. The Morgan fingerprint density at radius 3 is 1.90 bits per heavy atom. The molecule has 0 spiro atoms. The highest BCUT2D eigenvalue weighted by atomic mass is 19.2. The van der Waals surface area contributed by atoms with Gasteiger partial charge in [0.05, 0.1) is 12.2 Å². The molecule has 4 nitrogen and oxygen atoms in total.